The van der Waals surface area contributed by atoms with Crippen molar-refractivity contribution in [2.24, 2.45) is 5.92 Å². The molecule has 0 heterocycles. The lowest BCUT2D eigenvalue weighted by Gasteiger charge is -2.14. The first-order chi connectivity index (χ1) is 4.26. The van der Waals surface area contributed by atoms with Gasteiger partial charge in [0, 0.05) is 23.2 Å². The summed E-state index contributed by atoms with van der Waals surface area (Å²) in [4.78, 5) is 0. The van der Waals surface area contributed by atoms with Gasteiger partial charge in [-0.05, 0) is 0 Å². The predicted octanol–water partition coefficient (Wildman–Crippen LogP) is 0.746. The molecule has 0 saturated heterocycles. The first-order valence-electron chi connectivity index (χ1n) is 2.67. The normalized spacial score (nSPS) is 17.3. The summed E-state index contributed by atoms with van der Waals surface area (Å²) in [5.74, 6) is -0.0515. The lowest BCUT2D eigenvalue weighted by atomic mass is 10.1. The maximum absolute atomic E-state index is 9.08. The zero-order chi connectivity index (χ0) is 7.28. The summed E-state index contributed by atoms with van der Waals surface area (Å²) in [7, 11) is 0. The van der Waals surface area contributed by atoms with E-state index in [0.29, 0.717) is 10.7 Å². The van der Waals surface area contributed by atoms with Crippen molar-refractivity contribution in [1.82, 2.24) is 0 Å². The molecule has 0 aromatic heterocycles. The van der Waals surface area contributed by atoms with Gasteiger partial charge in [0.25, 0.3) is 0 Å². The first-order valence-corrected chi connectivity index (χ1v) is 4.91. The number of alkyl halides is 2. The molecule has 0 aromatic carbocycles. The Labute approximate surface area is 71.5 Å². The number of aliphatic hydroxyl groups is 2. The SMILES string of the molecule is OCC(CBr)C(O)CBr. The van der Waals surface area contributed by atoms with Gasteiger partial charge in [0.2, 0.25) is 0 Å². The van der Waals surface area contributed by atoms with Gasteiger partial charge in [0.05, 0.1) is 6.10 Å². The van der Waals surface area contributed by atoms with E-state index in [2.05, 4.69) is 31.9 Å². The van der Waals surface area contributed by atoms with Crippen LogP contribution < -0.4 is 0 Å². The molecule has 9 heavy (non-hydrogen) atoms. The summed E-state index contributed by atoms with van der Waals surface area (Å²) in [6.07, 6.45) is -0.450. The Morgan fingerprint density at radius 1 is 1.22 bits per heavy atom. The van der Waals surface area contributed by atoms with Crippen molar-refractivity contribution in [3.63, 3.8) is 0 Å². The lowest BCUT2D eigenvalue weighted by Crippen LogP contribution is -2.26. The highest BCUT2D eigenvalue weighted by molar-refractivity contribution is 9.09. The van der Waals surface area contributed by atoms with Gasteiger partial charge < -0.3 is 10.2 Å². The highest BCUT2D eigenvalue weighted by Crippen LogP contribution is 2.08. The highest BCUT2D eigenvalue weighted by atomic mass is 79.9. The van der Waals surface area contributed by atoms with Gasteiger partial charge in [0.15, 0.2) is 0 Å². The maximum Gasteiger partial charge on any atom is 0.0695 e. The molecule has 2 N–H and O–H groups in total. The van der Waals surface area contributed by atoms with Gasteiger partial charge in [-0.2, -0.15) is 0 Å². The smallest absolute Gasteiger partial charge is 0.0695 e. The van der Waals surface area contributed by atoms with Crippen LogP contribution in [0.5, 0.6) is 0 Å². The van der Waals surface area contributed by atoms with E-state index in [1.54, 1.807) is 0 Å². The van der Waals surface area contributed by atoms with E-state index in [-0.39, 0.29) is 12.5 Å². The minimum atomic E-state index is -0.450. The number of aliphatic hydroxyl groups excluding tert-OH is 2. The fraction of sp³-hybridized carbons (Fsp3) is 1.00. The number of hydrogen-bond donors (Lipinski definition) is 2. The molecule has 2 nitrogen and oxygen atoms in total. The highest BCUT2D eigenvalue weighted by Gasteiger charge is 2.14. The fourth-order valence-corrected chi connectivity index (χ4v) is 1.56. The molecule has 0 fully saturated rings. The third kappa shape index (κ3) is 3.55. The zero-order valence-corrected chi connectivity index (χ0v) is 8.10. The Morgan fingerprint density at radius 2 is 1.78 bits per heavy atom. The minimum Gasteiger partial charge on any atom is -0.396 e. The summed E-state index contributed by atoms with van der Waals surface area (Å²) in [6, 6.07) is 0. The Balaban J connectivity index is 3.50. The third-order valence-electron chi connectivity index (χ3n) is 1.13. The van der Waals surface area contributed by atoms with Crippen molar-refractivity contribution in [3.05, 3.63) is 0 Å². The van der Waals surface area contributed by atoms with Gasteiger partial charge in [-0.25, -0.2) is 0 Å². The van der Waals surface area contributed by atoms with Crippen molar-refractivity contribution < 1.29 is 10.2 Å². The molecule has 0 bridgehead atoms. The van der Waals surface area contributed by atoms with E-state index in [4.69, 9.17) is 10.2 Å². The zero-order valence-electron chi connectivity index (χ0n) is 4.93. The molecule has 0 rings (SSSR count). The van der Waals surface area contributed by atoms with Gasteiger partial charge in [-0.1, -0.05) is 31.9 Å². The van der Waals surface area contributed by atoms with Crippen LogP contribution >= 0.6 is 31.9 Å². The van der Waals surface area contributed by atoms with Crippen LogP contribution in [0, 0.1) is 5.92 Å². The fourth-order valence-electron chi connectivity index (χ4n) is 0.399. The average Bonchev–Trinajstić information content (AvgIpc) is 1.90. The van der Waals surface area contributed by atoms with Crippen LogP contribution in [0.25, 0.3) is 0 Å². The Bertz CT molecular complexity index is 66.0. The van der Waals surface area contributed by atoms with Crippen LogP contribution in [0.3, 0.4) is 0 Å². The van der Waals surface area contributed by atoms with E-state index in [9.17, 15) is 0 Å². The van der Waals surface area contributed by atoms with E-state index >= 15 is 0 Å². The van der Waals surface area contributed by atoms with Crippen LogP contribution in [0.2, 0.25) is 0 Å². The molecule has 0 aliphatic rings. The number of hydrogen-bond acceptors (Lipinski definition) is 2. The second-order valence-corrected chi connectivity index (χ2v) is 3.11. The van der Waals surface area contributed by atoms with Crippen molar-refractivity contribution >= 4 is 31.9 Å². The molecule has 0 aromatic rings. The van der Waals surface area contributed by atoms with Crippen molar-refractivity contribution in [1.29, 1.82) is 0 Å². The molecule has 0 aliphatic heterocycles. The van der Waals surface area contributed by atoms with Gasteiger partial charge in [0.1, 0.15) is 0 Å². The topological polar surface area (TPSA) is 40.5 Å². The van der Waals surface area contributed by atoms with E-state index in [1.807, 2.05) is 0 Å². The van der Waals surface area contributed by atoms with Crippen molar-refractivity contribution in [2.45, 2.75) is 6.10 Å². The van der Waals surface area contributed by atoms with E-state index in [1.165, 1.54) is 0 Å². The summed E-state index contributed by atoms with van der Waals surface area (Å²) < 4.78 is 0. The molecule has 0 amide bonds. The second kappa shape index (κ2) is 5.65. The molecule has 0 aliphatic carbocycles. The van der Waals surface area contributed by atoms with Gasteiger partial charge in [-0.15, -0.1) is 0 Å². The monoisotopic (exact) mass is 260 g/mol. The quantitative estimate of drug-likeness (QED) is 0.734. The van der Waals surface area contributed by atoms with Crippen molar-refractivity contribution in [2.75, 3.05) is 17.3 Å². The number of halogens is 2. The Morgan fingerprint density at radius 3 is 1.89 bits per heavy atom. The number of rotatable bonds is 4. The van der Waals surface area contributed by atoms with Crippen molar-refractivity contribution in [3.8, 4) is 0 Å². The van der Waals surface area contributed by atoms with Crippen LogP contribution in [-0.2, 0) is 0 Å². The average molecular weight is 262 g/mol. The molecule has 56 valence electrons. The lowest BCUT2D eigenvalue weighted by molar-refractivity contribution is 0.0988. The molecule has 2 unspecified atom stereocenters. The second-order valence-electron chi connectivity index (χ2n) is 1.82. The Kier molecular flexibility index (Phi) is 6.20. The molecule has 0 radical (unpaired) electrons. The first kappa shape index (κ1) is 9.88. The van der Waals surface area contributed by atoms with E-state index < -0.39 is 6.10 Å². The molecule has 0 saturated carbocycles. The van der Waals surface area contributed by atoms with Crippen LogP contribution in [-0.4, -0.2) is 33.6 Å². The summed E-state index contributed by atoms with van der Waals surface area (Å²) in [5.41, 5.74) is 0. The molecular weight excluding hydrogens is 252 g/mol. The Hall–Kier alpha value is 0.880. The molecular formula is C5H10Br2O2. The summed E-state index contributed by atoms with van der Waals surface area (Å²) in [6.45, 7) is 0.0258. The van der Waals surface area contributed by atoms with E-state index in [0.717, 1.165) is 0 Å². The van der Waals surface area contributed by atoms with Gasteiger partial charge in [-0.3, -0.25) is 0 Å². The summed E-state index contributed by atoms with van der Waals surface area (Å²) in [5, 5.41) is 18.9. The predicted molar refractivity (Wildman–Crippen MR) is 44.2 cm³/mol. The molecule has 4 heteroatoms. The summed E-state index contributed by atoms with van der Waals surface area (Å²) >= 11 is 6.29. The van der Waals surface area contributed by atoms with Gasteiger partial charge >= 0.3 is 0 Å². The van der Waals surface area contributed by atoms with Crippen LogP contribution in [0.15, 0.2) is 0 Å². The maximum atomic E-state index is 9.08. The van der Waals surface area contributed by atoms with Crippen LogP contribution in [0.1, 0.15) is 0 Å². The molecule has 2 atom stereocenters. The van der Waals surface area contributed by atoms with Crippen LogP contribution in [0.4, 0.5) is 0 Å². The standard InChI is InChI=1S/C5H10Br2O2/c6-1-4(3-8)5(9)2-7/h4-5,8-9H,1-3H2. The third-order valence-corrected chi connectivity index (χ3v) is 2.63. The molecule has 0 spiro atoms. The minimum absolute atomic E-state index is 0.0258. The largest absolute Gasteiger partial charge is 0.396 e.